The molecule has 0 fully saturated rings. The van der Waals surface area contributed by atoms with Crippen molar-refractivity contribution in [1.82, 2.24) is 9.97 Å². The fraction of sp³-hybridized carbons (Fsp3) is 0. The molecular formula is C10H6ClFN2. The molecule has 0 N–H and O–H groups in total. The highest BCUT2D eigenvalue weighted by atomic mass is 35.5. The molecule has 70 valence electrons. The second-order valence-corrected chi connectivity index (χ2v) is 3.07. The molecule has 0 radical (unpaired) electrons. The van der Waals surface area contributed by atoms with E-state index in [2.05, 4.69) is 9.97 Å². The quantitative estimate of drug-likeness (QED) is 0.674. The number of hydrogen-bond acceptors (Lipinski definition) is 2. The number of aromatic nitrogens is 2. The number of pyridine rings is 2. The minimum Gasteiger partial charge on any atom is -0.256 e. The van der Waals surface area contributed by atoms with Crippen molar-refractivity contribution in [3.63, 3.8) is 0 Å². The van der Waals surface area contributed by atoms with Crippen LogP contribution < -0.4 is 0 Å². The van der Waals surface area contributed by atoms with Gasteiger partial charge in [0, 0.05) is 6.20 Å². The Balaban J connectivity index is 2.53. The molecule has 0 aromatic carbocycles. The van der Waals surface area contributed by atoms with Gasteiger partial charge in [0.1, 0.15) is 5.15 Å². The molecule has 0 amide bonds. The van der Waals surface area contributed by atoms with Crippen LogP contribution in [0.25, 0.3) is 11.3 Å². The van der Waals surface area contributed by atoms with Gasteiger partial charge in [0.05, 0.1) is 11.3 Å². The summed E-state index contributed by atoms with van der Waals surface area (Å²) in [7, 11) is 0. The summed E-state index contributed by atoms with van der Waals surface area (Å²) in [6.07, 6.45) is 1.60. The third-order valence-corrected chi connectivity index (χ3v) is 1.97. The molecule has 0 saturated heterocycles. The largest absolute Gasteiger partial charge is 0.256 e. The van der Waals surface area contributed by atoms with Crippen LogP contribution in [0.1, 0.15) is 0 Å². The van der Waals surface area contributed by atoms with E-state index in [1.165, 1.54) is 6.07 Å². The molecule has 2 heterocycles. The minimum absolute atomic E-state index is 0.141. The van der Waals surface area contributed by atoms with Crippen LogP contribution in [0.5, 0.6) is 0 Å². The molecule has 0 spiro atoms. The topological polar surface area (TPSA) is 25.8 Å². The highest BCUT2D eigenvalue weighted by Gasteiger charge is 2.06. The van der Waals surface area contributed by atoms with Gasteiger partial charge in [0.2, 0.25) is 5.95 Å². The van der Waals surface area contributed by atoms with Crippen molar-refractivity contribution in [3.05, 3.63) is 47.6 Å². The van der Waals surface area contributed by atoms with Gasteiger partial charge in [-0.25, -0.2) is 4.98 Å². The van der Waals surface area contributed by atoms with Crippen LogP contribution in [-0.2, 0) is 0 Å². The van der Waals surface area contributed by atoms with Gasteiger partial charge in [-0.2, -0.15) is 4.39 Å². The monoisotopic (exact) mass is 208 g/mol. The molecule has 0 saturated carbocycles. The normalized spacial score (nSPS) is 10.1. The highest BCUT2D eigenvalue weighted by molar-refractivity contribution is 6.29. The van der Waals surface area contributed by atoms with E-state index >= 15 is 0 Å². The maximum Gasteiger partial charge on any atom is 0.223 e. The molecule has 0 aliphatic carbocycles. The zero-order valence-electron chi connectivity index (χ0n) is 7.11. The fourth-order valence-electron chi connectivity index (χ4n) is 1.13. The summed E-state index contributed by atoms with van der Waals surface area (Å²) in [4.78, 5) is 7.53. The van der Waals surface area contributed by atoms with Gasteiger partial charge in [-0.3, -0.25) is 4.98 Å². The number of nitrogens with zero attached hydrogens (tertiary/aromatic N) is 2. The second kappa shape index (κ2) is 3.72. The molecular weight excluding hydrogens is 203 g/mol. The molecule has 0 atom stereocenters. The maximum absolute atomic E-state index is 13.3. The summed E-state index contributed by atoms with van der Waals surface area (Å²) in [5, 5.41) is 0.141. The molecule has 0 bridgehead atoms. The third kappa shape index (κ3) is 1.72. The Kier molecular flexibility index (Phi) is 2.41. The number of rotatable bonds is 1. The summed E-state index contributed by atoms with van der Waals surface area (Å²) >= 11 is 5.53. The first-order valence-electron chi connectivity index (χ1n) is 4.01. The van der Waals surface area contributed by atoms with Crippen molar-refractivity contribution in [2.75, 3.05) is 0 Å². The molecule has 0 aliphatic heterocycles. The Morgan fingerprint density at radius 2 is 2.00 bits per heavy atom. The predicted molar refractivity (Wildman–Crippen MR) is 52.4 cm³/mol. The molecule has 14 heavy (non-hydrogen) atoms. The van der Waals surface area contributed by atoms with Crippen LogP contribution in [0.15, 0.2) is 36.5 Å². The van der Waals surface area contributed by atoms with Crippen molar-refractivity contribution in [2.45, 2.75) is 0 Å². The summed E-state index contributed by atoms with van der Waals surface area (Å²) in [5.41, 5.74) is 0.907. The van der Waals surface area contributed by atoms with Crippen LogP contribution >= 0.6 is 11.6 Å². The van der Waals surface area contributed by atoms with Gasteiger partial charge in [-0.15, -0.1) is 0 Å². The zero-order valence-corrected chi connectivity index (χ0v) is 7.87. The van der Waals surface area contributed by atoms with Crippen molar-refractivity contribution >= 4 is 11.6 Å². The van der Waals surface area contributed by atoms with Crippen LogP contribution in [0.4, 0.5) is 4.39 Å². The van der Waals surface area contributed by atoms with E-state index in [1.807, 2.05) is 0 Å². The zero-order chi connectivity index (χ0) is 9.97. The van der Waals surface area contributed by atoms with Gasteiger partial charge in [-0.1, -0.05) is 17.7 Å². The smallest absolute Gasteiger partial charge is 0.223 e. The summed E-state index contributed by atoms with van der Waals surface area (Å²) in [6, 6.07) is 8.37. The lowest BCUT2D eigenvalue weighted by Gasteiger charge is -2.00. The van der Waals surface area contributed by atoms with Crippen LogP contribution in [-0.4, -0.2) is 9.97 Å². The first-order chi connectivity index (χ1) is 6.77. The van der Waals surface area contributed by atoms with E-state index in [4.69, 9.17) is 11.6 Å². The summed E-state index contributed by atoms with van der Waals surface area (Å²) in [6.45, 7) is 0. The van der Waals surface area contributed by atoms with Crippen molar-refractivity contribution in [1.29, 1.82) is 0 Å². The van der Waals surface area contributed by atoms with Crippen molar-refractivity contribution < 1.29 is 4.39 Å². The average molecular weight is 209 g/mol. The Morgan fingerprint density at radius 3 is 2.64 bits per heavy atom. The second-order valence-electron chi connectivity index (χ2n) is 2.69. The fourth-order valence-corrected chi connectivity index (χ4v) is 1.26. The van der Waals surface area contributed by atoms with E-state index in [-0.39, 0.29) is 5.15 Å². The van der Waals surface area contributed by atoms with Gasteiger partial charge in [-0.05, 0) is 24.3 Å². The first-order valence-corrected chi connectivity index (χ1v) is 4.38. The van der Waals surface area contributed by atoms with Crippen LogP contribution in [0.3, 0.4) is 0 Å². The van der Waals surface area contributed by atoms with Crippen LogP contribution in [0, 0.1) is 5.95 Å². The predicted octanol–water partition coefficient (Wildman–Crippen LogP) is 2.94. The standard InChI is InChI=1S/C10H6ClFN2/c11-9-5-4-7(10(12)14-9)8-3-1-2-6-13-8/h1-6H. The maximum atomic E-state index is 13.3. The van der Waals surface area contributed by atoms with E-state index in [0.29, 0.717) is 11.3 Å². The van der Waals surface area contributed by atoms with Gasteiger partial charge < -0.3 is 0 Å². The van der Waals surface area contributed by atoms with E-state index in [1.54, 1.807) is 30.5 Å². The van der Waals surface area contributed by atoms with Crippen molar-refractivity contribution in [3.8, 4) is 11.3 Å². The lowest BCUT2D eigenvalue weighted by Crippen LogP contribution is -1.90. The van der Waals surface area contributed by atoms with E-state index < -0.39 is 5.95 Å². The lowest BCUT2D eigenvalue weighted by molar-refractivity contribution is 0.587. The Bertz CT molecular complexity index is 445. The molecule has 2 aromatic rings. The van der Waals surface area contributed by atoms with Gasteiger partial charge in [0.25, 0.3) is 0 Å². The Morgan fingerprint density at radius 1 is 1.14 bits per heavy atom. The van der Waals surface area contributed by atoms with E-state index in [9.17, 15) is 4.39 Å². The molecule has 0 aliphatic rings. The Labute approximate surface area is 85.4 Å². The lowest BCUT2D eigenvalue weighted by atomic mass is 10.2. The number of halogens is 2. The molecule has 4 heteroatoms. The molecule has 2 aromatic heterocycles. The SMILES string of the molecule is Fc1nc(Cl)ccc1-c1ccccn1. The number of hydrogen-bond donors (Lipinski definition) is 0. The summed E-state index contributed by atoms with van der Waals surface area (Å²) < 4.78 is 13.3. The minimum atomic E-state index is -0.601. The van der Waals surface area contributed by atoms with Gasteiger partial charge in [0.15, 0.2) is 0 Å². The molecule has 2 rings (SSSR count). The van der Waals surface area contributed by atoms with Crippen LogP contribution in [0.2, 0.25) is 5.15 Å². The molecule has 2 nitrogen and oxygen atoms in total. The third-order valence-electron chi connectivity index (χ3n) is 1.76. The first kappa shape index (κ1) is 9.09. The molecule has 0 unspecified atom stereocenters. The van der Waals surface area contributed by atoms with E-state index in [0.717, 1.165) is 0 Å². The highest BCUT2D eigenvalue weighted by Crippen LogP contribution is 2.20. The summed E-state index contributed by atoms with van der Waals surface area (Å²) in [5.74, 6) is -0.601. The Hall–Kier alpha value is -1.48. The van der Waals surface area contributed by atoms with Gasteiger partial charge >= 0.3 is 0 Å². The average Bonchev–Trinajstić information content (AvgIpc) is 2.19. The van der Waals surface area contributed by atoms with Crippen molar-refractivity contribution in [2.24, 2.45) is 0 Å².